The van der Waals surface area contributed by atoms with Gasteiger partial charge in [0.25, 0.3) is 0 Å². The number of aryl methyl sites for hydroxylation is 1. The van der Waals surface area contributed by atoms with E-state index in [0.717, 1.165) is 5.56 Å². The van der Waals surface area contributed by atoms with Gasteiger partial charge in [-0.15, -0.1) is 0 Å². The number of amides is 3. The van der Waals surface area contributed by atoms with E-state index >= 15 is 0 Å². The Kier molecular flexibility index (Phi) is 8.62. The van der Waals surface area contributed by atoms with Gasteiger partial charge in [-0.05, 0) is 37.1 Å². The van der Waals surface area contributed by atoms with Crippen molar-refractivity contribution in [2.45, 2.75) is 39.3 Å². The minimum Gasteiger partial charge on any atom is -0.493 e. The van der Waals surface area contributed by atoms with E-state index < -0.39 is 11.9 Å². The number of methoxy groups -OCH3 is 1. The van der Waals surface area contributed by atoms with Gasteiger partial charge < -0.3 is 29.4 Å². The minimum atomic E-state index is -0.836. The van der Waals surface area contributed by atoms with Gasteiger partial charge in [0, 0.05) is 25.5 Å². The Morgan fingerprint density at radius 1 is 1.18 bits per heavy atom. The number of hydrogen-bond donors (Lipinski definition) is 2. The maximum atomic E-state index is 13.2. The molecule has 3 aromatic rings. The molecular weight excluding hydrogens is 488 g/mol. The average molecular weight is 521 g/mol. The fraction of sp³-hybridized carbons (Fsp3) is 0.357. The van der Waals surface area contributed by atoms with Gasteiger partial charge >= 0.3 is 0 Å². The summed E-state index contributed by atoms with van der Waals surface area (Å²) in [6.07, 6.45) is 0.778. The molecule has 2 N–H and O–H groups in total. The molecule has 0 radical (unpaired) electrons. The second-order valence-corrected chi connectivity index (χ2v) is 9.06. The topological polar surface area (TPSA) is 123 Å². The van der Waals surface area contributed by atoms with Crippen molar-refractivity contribution in [2.24, 2.45) is 0 Å². The number of ether oxygens (including phenoxy) is 2. The van der Waals surface area contributed by atoms with Crippen LogP contribution >= 0.6 is 0 Å². The summed E-state index contributed by atoms with van der Waals surface area (Å²) in [7, 11) is 1.55. The number of benzene rings is 2. The standard InChI is InChI=1S/C28H32N4O6/c1-18-23-16-29-27(35)22(14-20-8-5-4-6-9-20)30-26(34)17-32(19(2)33)12-7-13-37-25-15-21(28(31-23)38-18)10-11-24(25)36-3/h4-6,8-11,15,22H,7,12-14,16-17H2,1-3H3,(H,29,35)(H,30,34)/t22-/m1/s1. The highest BCUT2D eigenvalue weighted by Crippen LogP contribution is 2.33. The van der Waals surface area contributed by atoms with E-state index in [0.29, 0.717) is 60.4 Å². The van der Waals surface area contributed by atoms with E-state index in [-0.39, 0.29) is 24.9 Å². The first kappa shape index (κ1) is 26.7. The lowest BCUT2D eigenvalue weighted by molar-refractivity contribution is -0.135. The number of oxazole rings is 1. The summed E-state index contributed by atoms with van der Waals surface area (Å²) in [4.78, 5) is 44.4. The molecule has 1 aliphatic heterocycles. The lowest BCUT2D eigenvalue weighted by atomic mass is 10.1. The van der Waals surface area contributed by atoms with Crippen LogP contribution in [-0.2, 0) is 27.3 Å². The van der Waals surface area contributed by atoms with Crippen molar-refractivity contribution in [1.29, 1.82) is 0 Å². The number of hydrogen-bond acceptors (Lipinski definition) is 7. The molecule has 0 fully saturated rings. The molecule has 0 saturated heterocycles. The first-order chi connectivity index (χ1) is 18.3. The predicted molar refractivity (Wildman–Crippen MR) is 140 cm³/mol. The molecule has 200 valence electrons. The Morgan fingerprint density at radius 3 is 2.71 bits per heavy atom. The van der Waals surface area contributed by atoms with Gasteiger partial charge in [-0.1, -0.05) is 30.3 Å². The van der Waals surface area contributed by atoms with Crippen molar-refractivity contribution >= 4 is 17.7 Å². The Balaban J connectivity index is 1.63. The smallest absolute Gasteiger partial charge is 0.243 e. The van der Waals surface area contributed by atoms with Gasteiger partial charge in [-0.25, -0.2) is 4.98 Å². The summed E-state index contributed by atoms with van der Waals surface area (Å²) in [5.41, 5.74) is 2.16. The zero-order valence-corrected chi connectivity index (χ0v) is 21.8. The fourth-order valence-electron chi connectivity index (χ4n) is 4.19. The van der Waals surface area contributed by atoms with Gasteiger partial charge in [-0.3, -0.25) is 14.4 Å². The van der Waals surface area contributed by atoms with Crippen LogP contribution < -0.4 is 20.1 Å². The molecule has 0 spiro atoms. The summed E-state index contributed by atoms with van der Waals surface area (Å²) in [5, 5.41) is 5.67. The normalized spacial score (nSPS) is 16.9. The van der Waals surface area contributed by atoms with Gasteiger partial charge in [0.05, 0.1) is 26.8 Å². The first-order valence-electron chi connectivity index (χ1n) is 12.5. The van der Waals surface area contributed by atoms with Crippen LogP contribution in [0.3, 0.4) is 0 Å². The third kappa shape index (κ3) is 6.70. The molecule has 1 aliphatic rings. The van der Waals surface area contributed by atoms with E-state index in [2.05, 4.69) is 15.6 Å². The van der Waals surface area contributed by atoms with Crippen LogP contribution in [0.25, 0.3) is 11.5 Å². The molecule has 0 aliphatic carbocycles. The second-order valence-electron chi connectivity index (χ2n) is 9.06. The van der Waals surface area contributed by atoms with E-state index in [1.165, 1.54) is 11.8 Å². The maximum Gasteiger partial charge on any atom is 0.243 e. The van der Waals surface area contributed by atoms with Gasteiger partial charge in [-0.2, -0.15) is 0 Å². The van der Waals surface area contributed by atoms with Gasteiger partial charge in [0.2, 0.25) is 23.6 Å². The number of rotatable bonds is 3. The molecule has 4 bridgehead atoms. The van der Waals surface area contributed by atoms with Crippen molar-refractivity contribution in [3.8, 4) is 23.0 Å². The van der Waals surface area contributed by atoms with Crippen molar-refractivity contribution in [3.63, 3.8) is 0 Å². The fourth-order valence-corrected chi connectivity index (χ4v) is 4.19. The molecule has 2 aromatic carbocycles. The third-order valence-electron chi connectivity index (χ3n) is 6.28. The molecule has 3 amide bonds. The van der Waals surface area contributed by atoms with Crippen LogP contribution in [0.1, 0.15) is 30.4 Å². The Bertz CT molecular complexity index is 1290. The number of aromatic nitrogens is 1. The van der Waals surface area contributed by atoms with Crippen LogP contribution in [-0.4, -0.2) is 60.5 Å². The summed E-state index contributed by atoms with van der Waals surface area (Å²) >= 11 is 0. The highest BCUT2D eigenvalue weighted by molar-refractivity contribution is 5.90. The number of nitrogens with zero attached hydrogens (tertiary/aromatic N) is 2. The van der Waals surface area contributed by atoms with Crippen molar-refractivity contribution in [2.75, 3.05) is 26.8 Å². The zero-order valence-electron chi connectivity index (χ0n) is 21.8. The molecular formula is C28H32N4O6. The molecule has 0 unspecified atom stereocenters. The number of nitrogens with one attached hydrogen (secondary N) is 2. The predicted octanol–water partition coefficient (Wildman–Crippen LogP) is 2.63. The Labute approximate surface area is 221 Å². The van der Waals surface area contributed by atoms with Crippen LogP contribution in [0.4, 0.5) is 0 Å². The monoisotopic (exact) mass is 520 g/mol. The molecule has 10 heteroatoms. The Morgan fingerprint density at radius 2 is 1.97 bits per heavy atom. The zero-order chi connectivity index (χ0) is 27.1. The van der Waals surface area contributed by atoms with E-state index in [4.69, 9.17) is 13.9 Å². The first-order valence-corrected chi connectivity index (χ1v) is 12.5. The summed E-state index contributed by atoms with van der Waals surface area (Å²) in [6, 6.07) is 14.0. The molecule has 2 heterocycles. The van der Waals surface area contributed by atoms with Crippen molar-refractivity contribution < 1.29 is 28.3 Å². The van der Waals surface area contributed by atoms with Gasteiger partial charge in [0.1, 0.15) is 17.5 Å². The molecule has 1 atom stereocenters. The summed E-state index contributed by atoms with van der Waals surface area (Å²) < 4.78 is 17.3. The number of fused-ring (bicyclic) bond motifs is 5. The van der Waals surface area contributed by atoms with E-state index in [1.807, 2.05) is 36.4 Å². The Hall–Kier alpha value is -4.34. The van der Waals surface area contributed by atoms with Crippen LogP contribution in [0.5, 0.6) is 11.5 Å². The van der Waals surface area contributed by atoms with Gasteiger partial charge in [0.15, 0.2) is 11.5 Å². The highest BCUT2D eigenvalue weighted by atomic mass is 16.5. The van der Waals surface area contributed by atoms with Crippen molar-refractivity contribution in [1.82, 2.24) is 20.5 Å². The minimum absolute atomic E-state index is 0.119. The second kappa shape index (κ2) is 12.3. The molecule has 4 rings (SSSR count). The number of carbonyl (C=O) groups is 3. The highest BCUT2D eigenvalue weighted by Gasteiger charge is 2.24. The largest absolute Gasteiger partial charge is 0.493 e. The molecule has 10 nitrogen and oxygen atoms in total. The molecule has 38 heavy (non-hydrogen) atoms. The van der Waals surface area contributed by atoms with Crippen molar-refractivity contribution in [3.05, 3.63) is 65.5 Å². The third-order valence-corrected chi connectivity index (χ3v) is 6.28. The quantitative estimate of drug-likeness (QED) is 0.544. The maximum absolute atomic E-state index is 13.2. The molecule has 0 saturated carbocycles. The molecule has 1 aromatic heterocycles. The lowest BCUT2D eigenvalue weighted by Gasteiger charge is -2.23. The van der Waals surface area contributed by atoms with E-state index in [1.54, 1.807) is 26.2 Å². The summed E-state index contributed by atoms with van der Waals surface area (Å²) in [6.45, 7) is 3.74. The number of carbonyl (C=O) groups excluding carboxylic acids is 3. The lowest BCUT2D eigenvalue weighted by Crippen LogP contribution is -2.51. The summed E-state index contributed by atoms with van der Waals surface area (Å²) in [5.74, 6) is 0.982. The van der Waals surface area contributed by atoms with Crippen LogP contribution in [0.15, 0.2) is 52.9 Å². The van der Waals surface area contributed by atoms with Crippen LogP contribution in [0, 0.1) is 6.92 Å². The van der Waals surface area contributed by atoms with Crippen LogP contribution in [0.2, 0.25) is 0 Å². The SMILES string of the molecule is COc1ccc2cc1OCCCN(C(C)=O)CC(=O)N[C@H](Cc1ccccc1)C(=O)NCc1nc-2oc1C. The average Bonchev–Trinajstić information content (AvgIpc) is 3.28. The van der Waals surface area contributed by atoms with E-state index in [9.17, 15) is 14.4 Å².